The molecule has 0 spiro atoms. The molecule has 1 fully saturated rings. The third kappa shape index (κ3) is 2.83. The lowest BCUT2D eigenvalue weighted by Gasteiger charge is -2.40. The Morgan fingerprint density at radius 1 is 1.28 bits per heavy atom. The average molecular weight is 247 g/mol. The van der Waals surface area contributed by atoms with Gasteiger partial charge in [-0.3, -0.25) is 4.98 Å². The normalized spacial score (nSPS) is 19.3. The Labute approximate surface area is 111 Å². The van der Waals surface area contributed by atoms with Gasteiger partial charge < -0.3 is 10.2 Å². The number of hydrogen-bond donors (Lipinski definition) is 1. The van der Waals surface area contributed by atoms with Crippen molar-refractivity contribution in [3.63, 3.8) is 0 Å². The highest BCUT2D eigenvalue weighted by Crippen LogP contribution is 2.26. The van der Waals surface area contributed by atoms with Crippen molar-refractivity contribution in [2.24, 2.45) is 0 Å². The molecule has 0 amide bonds. The molecule has 0 aliphatic carbocycles. The van der Waals surface area contributed by atoms with E-state index in [1.54, 1.807) is 0 Å². The summed E-state index contributed by atoms with van der Waals surface area (Å²) in [6.07, 6.45) is 4.40. The SMILES string of the molecule is CNC1(C)CCN(c2ccc(C(C)C)nc2)CC1. The third-order valence-corrected chi connectivity index (χ3v) is 4.20. The first-order valence-corrected chi connectivity index (χ1v) is 6.94. The quantitative estimate of drug-likeness (QED) is 0.890. The number of rotatable bonds is 3. The third-order valence-electron chi connectivity index (χ3n) is 4.20. The minimum Gasteiger partial charge on any atom is -0.370 e. The molecule has 0 saturated carbocycles. The van der Waals surface area contributed by atoms with Gasteiger partial charge in [0.1, 0.15) is 0 Å². The fourth-order valence-electron chi connectivity index (χ4n) is 2.43. The Hall–Kier alpha value is -1.09. The van der Waals surface area contributed by atoms with E-state index in [4.69, 9.17) is 0 Å². The van der Waals surface area contributed by atoms with Crippen LogP contribution in [-0.2, 0) is 0 Å². The zero-order valence-electron chi connectivity index (χ0n) is 12.0. The van der Waals surface area contributed by atoms with Crippen molar-refractivity contribution < 1.29 is 0 Å². The Bertz CT molecular complexity index is 375. The molecule has 1 aliphatic rings. The second kappa shape index (κ2) is 5.27. The molecule has 0 unspecified atom stereocenters. The first-order valence-electron chi connectivity index (χ1n) is 6.94. The topological polar surface area (TPSA) is 28.2 Å². The number of aromatic nitrogens is 1. The van der Waals surface area contributed by atoms with Gasteiger partial charge in [0.2, 0.25) is 0 Å². The predicted octanol–water partition coefficient (Wildman–Crippen LogP) is 2.78. The molecule has 0 radical (unpaired) electrons. The van der Waals surface area contributed by atoms with Gasteiger partial charge in [-0.2, -0.15) is 0 Å². The molecule has 2 rings (SSSR count). The highest BCUT2D eigenvalue weighted by Gasteiger charge is 2.28. The zero-order chi connectivity index (χ0) is 13.2. The summed E-state index contributed by atoms with van der Waals surface area (Å²) in [6.45, 7) is 8.90. The van der Waals surface area contributed by atoms with E-state index in [1.807, 2.05) is 6.20 Å². The Morgan fingerprint density at radius 2 is 1.94 bits per heavy atom. The van der Waals surface area contributed by atoms with E-state index in [1.165, 1.54) is 24.2 Å². The summed E-state index contributed by atoms with van der Waals surface area (Å²) < 4.78 is 0. The van der Waals surface area contributed by atoms with Gasteiger partial charge in [-0.25, -0.2) is 0 Å². The van der Waals surface area contributed by atoms with Crippen LogP contribution in [0.3, 0.4) is 0 Å². The number of anilines is 1. The summed E-state index contributed by atoms with van der Waals surface area (Å²) in [4.78, 5) is 6.99. The molecule has 1 aliphatic heterocycles. The van der Waals surface area contributed by atoms with Gasteiger partial charge >= 0.3 is 0 Å². The highest BCUT2D eigenvalue weighted by molar-refractivity contribution is 5.45. The molecule has 1 N–H and O–H groups in total. The van der Waals surface area contributed by atoms with Crippen LogP contribution in [0.4, 0.5) is 5.69 Å². The highest BCUT2D eigenvalue weighted by atomic mass is 15.2. The molecular weight excluding hydrogens is 222 g/mol. The Kier molecular flexibility index (Phi) is 3.91. The van der Waals surface area contributed by atoms with E-state index in [-0.39, 0.29) is 0 Å². The summed E-state index contributed by atoms with van der Waals surface area (Å²) in [5.74, 6) is 0.507. The van der Waals surface area contributed by atoms with Crippen LogP contribution in [0.25, 0.3) is 0 Å². The molecule has 0 bridgehead atoms. The number of nitrogens with zero attached hydrogens (tertiary/aromatic N) is 2. The Balaban J connectivity index is 2.01. The van der Waals surface area contributed by atoms with E-state index in [9.17, 15) is 0 Å². The summed E-state index contributed by atoms with van der Waals surface area (Å²) in [5, 5.41) is 3.43. The van der Waals surface area contributed by atoms with Crippen molar-refractivity contribution in [1.82, 2.24) is 10.3 Å². The first-order chi connectivity index (χ1) is 8.54. The van der Waals surface area contributed by atoms with Crippen molar-refractivity contribution in [3.05, 3.63) is 24.0 Å². The van der Waals surface area contributed by atoms with Crippen LogP contribution < -0.4 is 10.2 Å². The smallest absolute Gasteiger partial charge is 0.0552 e. The van der Waals surface area contributed by atoms with Gasteiger partial charge in [0.15, 0.2) is 0 Å². The van der Waals surface area contributed by atoms with Gasteiger partial charge in [0, 0.05) is 24.3 Å². The molecule has 3 nitrogen and oxygen atoms in total. The van der Waals surface area contributed by atoms with Crippen molar-refractivity contribution >= 4 is 5.69 Å². The standard InChI is InChI=1S/C15H25N3/c1-12(2)14-6-5-13(11-17-14)18-9-7-15(3,16-4)8-10-18/h5-6,11-12,16H,7-10H2,1-4H3. The maximum atomic E-state index is 4.55. The Morgan fingerprint density at radius 3 is 2.39 bits per heavy atom. The lowest BCUT2D eigenvalue weighted by molar-refractivity contribution is 0.305. The van der Waals surface area contributed by atoms with Crippen LogP contribution in [0.5, 0.6) is 0 Å². The molecule has 1 aromatic rings. The van der Waals surface area contributed by atoms with Gasteiger partial charge in [-0.1, -0.05) is 13.8 Å². The molecule has 1 saturated heterocycles. The number of piperidine rings is 1. The van der Waals surface area contributed by atoms with Crippen molar-refractivity contribution in [2.45, 2.75) is 45.1 Å². The molecule has 0 aromatic carbocycles. The molecule has 1 aromatic heterocycles. The molecule has 0 atom stereocenters. The van der Waals surface area contributed by atoms with Crippen LogP contribution >= 0.6 is 0 Å². The van der Waals surface area contributed by atoms with E-state index in [0.717, 1.165) is 13.1 Å². The second-order valence-corrected chi connectivity index (χ2v) is 5.89. The fourth-order valence-corrected chi connectivity index (χ4v) is 2.43. The lowest BCUT2D eigenvalue weighted by atomic mass is 9.90. The predicted molar refractivity (Wildman–Crippen MR) is 77.2 cm³/mol. The van der Waals surface area contributed by atoms with Gasteiger partial charge in [-0.15, -0.1) is 0 Å². The van der Waals surface area contributed by atoms with Gasteiger partial charge in [0.05, 0.1) is 11.9 Å². The molecule has 2 heterocycles. The number of pyridine rings is 1. The van der Waals surface area contributed by atoms with Gasteiger partial charge in [0.25, 0.3) is 0 Å². The van der Waals surface area contributed by atoms with Gasteiger partial charge in [-0.05, 0) is 44.9 Å². The van der Waals surface area contributed by atoms with Crippen LogP contribution in [0.1, 0.15) is 45.2 Å². The summed E-state index contributed by atoms with van der Waals surface area (Å²) in [7, 11) is 2.06. The summed E-state index contributed by atoms with van der Waals surface area (Å²) >= 11 is 0. The van der Waals surface area contributed by atoms with Crippen molar-refractivity contribution in [1.29, 1.82) is 0 Å². The average Bonchev–Trinajstić information content (AvgIpc) is 2.40. The zero-order valence-corrected chi connectivity index (χ0v) is 12.0. The monoisotopic (exact) mass is 247 g/mol. The molecular formula is C15H25N3. The summed E-state index contributed by atoms with van der Waals surface area (Å²) in [6, 6.07) is 4.37. The maximum Gasteiger partial charge on any atom is 0.0552 e. The fraction of sp³-hybridized carbons (Fsp3) is 0.667. The summed E-state index contributed by atoms with van der Waals surface area (Å²) in [5.41, 5.74) is 2.75. The molecule has 3 heteroatoms. The van der Waals surface area contributed by atoms with Crippen LogP contribution in [0.15, 0.2) is 18.3 Å². The van der Waals surface area contributed by atoms with Crippen LogP contribution in [0, 0.1) is 0 Å². The van der Waals surface area contributed by atoms with E-state index in [0.29, 0.717) is 11.5 Å². The van der Waals surface area contributed by atoms with E-state index >= 15 is 0 Å². The maximum absolute atomic E-state index is 4.55. The minimum atomic E-state index is 0.307. The van der Waals surface area contributed by atoms with E-state index in [2.05, 4.69) is 55.2 Å². The molecule has 100 valence electrons. The second-order valence-electron chi connectivity index (χ2n) is 5.89. The van der Waals surface area contributed by atoms with Crippen molar-refractivity contribution in [3.8, 4) is 0 Å². The first kappa shape index (κ1) is 13.3. The molecule has 18 heavy (non-hydrogen) atoms. The van der Waals surface area contributed by atoms with Crippen LogP contribution in [-0.4, -0.2) is 30.7 Å². The number of hydrogen-bond acceptors (Lipinski definition) is 3. The van der Waals surface area contributed by atoms with Crippen LogP contribution in [0.2, 0.25) is 0 Å². The lowest BCUT2D eigenvalue weighted by Crippen LogP contribution is -2.50. The van der Waals surface area contributed by atoms with Crippen molar-refractivity contribution in [2.75, 3.05) is 25.0 Å². The van der Waals surface area contributed by atoms with E-state index < -0.39 is 0 Å². The minimum absolute atomic E-state index is 0.307. The largest absolute Gasteiger partial charge is 0.370 e. The number of nitrogens with one attached hydrogen (secondary N) is 1.